The van der Waals surface area contributed by atoms with E-state index in [0.717, 1.165) is 34.8 Å². The number of nitrogen functional groups attached to an aromatic ring is 1. The monoisotopic (exact) mass is 474 g/mol. The van der Waals surface area contributed by atoms with Gasteiger partial charge in [0, 0.05) is 11.8 Å². The summed E-state index contributed by atoms with van der Waals surface area (Å²) in [6, 6.07) is 25.5. The molecule has 3 N–H and O–H groups in total. The highest BCUT2D eigenvalue weighted by molar-refractivity contribution is 7.14. The maximum absolute atomic E-state index is 5.80. The zero-order valence-corrected chi connectivity index (χ0v) is 19.4. The Morgan fingerprint density at radius 2 is 1.44 bits per heavy atom. The molecule has 0 atom stereocenters. The van der Waals surface area contributed by atoms with Gasteiger partial charge in [0.1, 0.15) is 29.7 Å². The predicted octanol–water partition coefficient (Wildman–Crippen LogP) is 5.60. The fraction of sp³-hybridized carbons (Fsp3) is 0.154. The Morgan fingerprint density at radius 1 is 0.824 bits per heavy atom. The van der Waals surface area contributed by atoms with Crippen molar-refractivity contribution in [2.45, 2.75) is 13.0 Å². The molecule has 174 valence electrons. The zero-order chi connectivity index (χ0) is 23.4. The summed E-state index contributed by atoms with van der Waals surface area (Å²) < 4.78 is 17.4. The summed E-state index contributed by atoms with van der Waals surface area (Å²) in [6.07, 6.45) is 2.49. The summed E-state index contributed by atoms with van der Waals surface area (Å²) >= 11 is 1.40. The largest absolute Gasteiger partial charge is 0.493 e. The number of nitrogens with one attached hydrogen (secondary N) is 1. The van der Waals surface area contributed by atoms with E-state index in [2.05, 4.69) is 15.5 Å². The van der Waals surface area contributed by atoms with Gasteiger partial charge in [-0.15, -0.1) is 11.3 Å². The van der Waals surface area contributed by atoms with Crippen LogP contribution in [0.2, 0.25) is 0 Å². The third-order valence-corrected chi connectivity index (χ3v) is 5.44. The molecule has 0 bridgehead atoms. The number of hydrazone groups is 1. The van der Waals surface area contributed by atoms with Gasteiger partial charge in [-0.2, -0.15) is 5.10 Å². The van der Waals surface area contributed by atoms with E-state index >= 15 is 0 Å². The van der Waals surface area contributed by atoms with Crippen molar-refractivity contribution in [3.63, 3.8) is 0 Å². The van der Waals surface area contributed by atoms with Crippen LogP contribution in [0, 0.1) is 0 Å². The van der Waals surface area contributed by atoms with E-state index in [1.807, 2.05) is 78.9 Å². The standard InChI is InChI=1S/C26H26N4O3S/c27-25-19-34-26(29-25)30-28-17-20-7-9-22(10-8-20)31-15-4-16-32-23-11-13-24(14-12-23)33-18-21-5-2-1-3-6-21/h1-3,5-14,17,19H,4,15-16,18,27H2,(H,29,30). The number of thiazole rings is 1. The highest BCUT2D eigenvalue weighted by Crippen LogP contribution is 2.19. The van der Waals surface area contributed by atoms with Gasteiger partial charge in [-0.1, -0.05) is 30.3 Å². The van der Waals surface area contributed by atoms with Crippen molar-refractivity contribution in [1.29, 1.82) is 0 Å². The molecule has 1 aromatic heterocycles. The summed E-state index contributed by atoms with van der Waals surface area (Å²) in [7, 11) is 0. The molecule has 4 aromatic rings. The molecule has 8 heteroatoms. The molecule has 3 aromatic carbocycles. The molecule has 0 fully saturated rings. The lowest BCUT2D eigenvalue weighted by Crippen LogP contribution is -2.05. The highest BCUT2D eigenvalue weighted by Gasteiger charge is 2.00. The van der Waals surface area contributed by atoms with Gasteiger partial charge in [-0.05, 0) is 59.7 Å². The topological polar surface area (TPSA) is 91.0 Å². The second-order valence-corrected chi connectivity index (χ2v) is 8.17. The van der Waals surface area contributed by atoms with Crippen LogP contribution in [-0.2, 0) is 6.61 Å². The van der Waals surface area contributed by atoms with Gasteiger partial charge in [0.05, 0.1) is 19.4 Å². The molecular weight excluding hydrogens is 448 g/mol. The lowest BCUT2D eigenvalue weighted by molar-refractivity contribution is 0.247. The van der Waals surface area contributed by atoms with Gasteiger partial charge in [0.2, 0.25) is 5.13 Å². The Balaban J connectivity index is 1.11. The molecule has 7 nitrogen and oxygen atoms in total. The summed E-state index contributed by atoms with van der Waals surface area (Å²) in [4.78, 5) is 4.08. The average molecular weight is 475 g/mol. The quantitative estimate of drug-likeness (QED) is 0.158. The van der Waals surface area contributed by atoms with E-state index in [9.17, 15) is 0 Å². The first-order chi connectivity index (χ1) is 16.7. The van der Waals surface area contributed by atoms with Gasteiger partial charge in [0.15, 0.2) is 0 Å². The van der Waals surface area contributed by atoms with Gasteiger partial charge < -0.3 is 19.9 Å². The van der Waals surface area contributed by atoms with Crippen LogP contribution in [0.15, 0.2) is 89.3 Å². The number of hydrogen-bond donors (Lipinski definition) is 2. The van der Waals surface area contributed by atoms with Crippen LogP contribution in [0.3, 0.4) is 0 Å². The number of benzene rings is 3. The molecule has 0 aliphatic heterocycles. The van der Waals surface area contributed by atoms with E-state index in [4.69, 9.17) is 19.9 Å². The molecule has 1 heterocycles. The Hall–Kier alpha value is -4.04. The van der Waals surface area contributed by atoms with E-state index < -0.39 is 0 Å². The van der Waals surface area contributed by atoms with Crippen molar-refractivity contribution in [2.24, 2.45) is 5.10 Å². The first kappa shape index (κ1) is 23.1. The van der Waals surface area contributed by atoms with Crippen LogP contribution in [0.5, 0.6) is 17.2 Å². The van der Waals surface area contributed by atoms with E-state index in [1.165, 1.54) is 11.3 Å². The fourth-order valence-corrected chi connectivity index (χ4v) is 3.51. The molecule has 34 heavy (non-hydrogen) atoms. The lowest BCUT2D eigenvalue weighted by atomic mass is 10.2. The molecule has 0 aliphatic rings. The van der Waals surface area contributed by atoms with Crippen LogP contribution in [0.25, 0.3) is 0 Å². The van der Waals surface area contributed by atoms with Crippen molar-refractivity contribution in [1.82, 2.24) is 4.98 Å². The molecule has 0 amide bonds. The van der Waals surface area contributed by atoms with Gasteiger partial charge in [0.25, 0.3) is 0 Å². The highest BCUT2D eigenvalue weighted by atomic mass is 32.1. The first-order valence-electron chi connectivity index (χ1n) is 10.9. The summed E-state index contributed by atoms with van der Waals surface area (Å²) in [5, 5.41) is 6.57. The fourth-order valence-electron chi connectivity index (χ4n) is 2.96. The average Bonchev–Trinajstić information content (AvgIpc) is 3.29. The SMILES string of the molecule is Nc1csc(NN=Cc2ccc(OCCCOc3ccc(OCc4ccccc4)cc3)cc2)n1. The van der Waals surface area contributed by atoms with Gasteiger partial charge in [-0.25, -0.2) is 4.98 Å². The number of nitrogens with two attached hydrogens (primary N) is 1. The Morgan fingerprint density at radius 3 is 2.06 bits per heavy atom. The molecule has 0 unspecified atom stereocenters. The van der Waals surface area contributed by atoms with E-state index in [1.54, 1.807) is 11.6 Å². The molecule has 4 rings (SSSR count). The Kier molecular flexibility index (Phi) is 8.35. The zero-order valence-electron chi connectivity index (χ0n) is 18.6. The molecule has 0 saturated heterocycles. The Labute approximate surface area is 202 Å². The van der Waals surface area contributed by atoms with Crippen LogP contribution in [-0.4, -0.2) is 24.4 Å². The third-order valence-electron chi connectivity index (χ3n) is 4.67. The minimum atomic E-state index is 0.483. The number of hydrogen-bond acceptors (Lipinski definition) is 8. The van der Waals surface area contributed by atoms with Crippen LogP contribution < -0.4 is 25.4 Å². The second kappa shape index (κ2) is 12.3. The number of rotatable bonds is 12. The number of aromatic nitrogens is 1. The summed E-state index contributed by atoms with van der Waals surface area (Å²) in [5.41, 5.74) is 10.5. The van der Waals surface area contributed by atoms with E-state index in [0.29, 0.717) is 30.8 Å². The van der Waals surface area contributed by atoms with Gasteiger partial charge >= 0.3 is 0 Å². The van der Waals surface area contributed by atoms with Crippen LogP contribution in [0.4, 0.5) is 10.9 Å². The predicted molar refractivity (Wildman–Crippen MR) is 137 cm³/mol. The lowest BCUT2D eigenvalue weighted by Gasteiger charge is -2.10. The van der Waals surface area contributed by atoms with Crippen LogP contribution in [0.1, 0.15) is 17.5 Å². The third kappa shape index (κ3) is 7.53. The summed E-state index contributed by atoms with van der Waals surface area (Å²) in [6.45, 7) is 1.69. The maximum atomic E-state index is 5.80. The molecule has 0 spiro atoms. The van der Waals surface area contributed by atoms with Crippen molar-refractivity contribution in [3.8, 4) is 17.2 Å². The Bertz CT molecular complexity index is 1160. The van der Waals surface area contributed by atoms with Crippen LogP contribution >= 0.6 is 11.3 Å². The van der Waals surface area contributed by atoms with Crippen molar-refractivity contribution < 1.29 is 14.2 Å². The smallest absolute Gasteiger partial charge is 0.205 e. The minimum absolute atomic E-state index is 0.483. The molecule has 0 radical (unpaired) electrons. The van der Waals surface area contributed by atoms with Crippen molar-refractivity contribution >= 4 is 28.5 Å². The first-order valence-corrected chi connectivity index (χ1v) is 11.7. The van der Waals surface area contributed by atoms with Crippen molar-refractivity contribution in [2.75, 3.05) is 24.4 Å². The number of ether oxygens (including phenoxy) is 3. The second-order valence-electron chi connectivity index (χ2n) is 7.31. The maximum Gasteiger partial charge on any atom is 0.205 e. The minimum Gasteiger partial charge on any atom is -0.493 e. The number of anilines is 2. The van der Waals surface area contributed by atoms with E-state index in [-0.39, 0.29) is 0 Å². The van der Waals surface area contributed by atoms with Gasteiger partial charge in [-0.3, -0.25) is 5.43 Å². The molecule has 0 saturated carbocycles. The molecular formula is C26H26N4O3S. The summed E-state index contributed by atoms with van der Waals surface area (Å²) in [5.74, 6) is 2.91. The number of nitrogens with zero attached hydrogens (tertiary/aromatic N) is 2. The van der Waals surface area contributed by atoms with Crippen molar-refractivity contribution in [3.05, 3.63) is 95.4 Å². The normalized spacial score (nSPS) is 10.8. The molecule has 0 aliphatic carbocycles.